The smallest absolute Gasteiger partial charge is 0.142 e. The number of carbonyl (C=O) groups is 1. The van der Waals surface area contributed by atoms with Crippen LogP contribution in [-0.2, 0) is 9.63 Å². The van der Waals surface area contributed by atoms with Crippen molar-refractivity contribution in [3.05, 3.63) is 0 Å². The van der Waals surface area contributed by atoms with Crippen LogP contribution in [0.1, 0.15) is 71.6 Å². The minimum atomic E-state index is -0.979. The summed E-state index contributed by atoms with van der Waals surface area (Å²) in [6.45, 7) is 6.34. The molecular formula is C23H35FN2O2. The van der Waals surface area contributed by atoms with E-state index in [0.29, 0.717) is 41.6 Å². The second kappa shape index (κ2) is 6.78. The number of halogens is 1. The predicted molar refractivity (Wildman–Crippen MR) is 107 cm³/mol. The van der Waals surface area contributed by atoms with Gasteiger partial charge in [-0.1, -0.05) is 19.0 Å². The Bertz CT molecular complexity index is 676. The number of carbonyl (C=O) groups excluding carboxylic acids is 1. The maximum absolute atomic E-state index is 15.2. The van der Waals surface area contributed by atoms with E-state index in [1.54, 1.807) is 0 Å². The minimum Gasteiger partial charge on any atom is -0.391 e. The Morgan fingerprint density at radius 3 is 2.79 bits per heavy atom. The van der Waals surface area contributed by atoms with Gasteiger partial charge in [-0.3, -0.25) is 4.79 Å². The SMILES string of the molecule is C[C@]12CC(F)/C(=N\O[C@@H]3CCNC3)CC1CC[C@@H]1[C@H]2CC[C@]2(C)C(=O)CC[C@@H]12. The summed E-state index contributed by atoms with van der Waals surface area (Å²) in [6.07, 6.45) is 7.70. The molecule has 5 aliphatic rings. The third kappa shape index (κ3) is 2.79. The van der Waals surface area contributed by atoms with Crippen molar-refractivity contribution in [3.8, 4) is 0 Å². The molecule has 1 heterocycles. The quantitative estimate of drug-likeness (QED) is 0.716. The Hall–Kier alpha value is -0.970. The van der Waals surface area contributed by atoms with E-state index >= 15 is 4.39 Å². The molecule has 28 heavy (non-hydrogen) atoms. The number of oxime groups is 1. The first-order chi connectivity index (χ1) is 13.4. The molecule has 0 aromatic heterocycles. The summed E-state index contributed by atoms with van der Waals surface area (Å²) < 4.78 is 15.2. The van der Waals surface area contributed by atoms with Gasteiger partial charge in [-0.15, -0.1) is 0 Å². The molecule has 5 fully saturated rings. The fraction of sp³-hybridized carbons (Fsp3) is 0.913. The van der Waals surface area contributed by atoms with Crippen LogP contribution in [0.3, 0.4) is 0 Å². The normalized spacial score (nSPS) is 52.2. The summed E-state index contributed by atoms with van der Waals surface area (Å²) in [6, 6.07) is 0. The molecule has 1 saturated heterocycles. The monoisotopic (exact) mass is 390 g/mol. The lowest BCUT2D eigenvalue weighted by molar-refractivity contribution is -0.138. The second-order valence-electron chi connectivity index (χ2n) is 10.8. The number of hydrogen-bond donors (Lipinski definition) is 1. The highest BCUT2D eigenvalue weighted by Gasteiger charge is 2.61. The van der Waals surface area contributed by atoms with E-state index in [1.807, 2.05) is 0 Å². The van der Waals surface area contributed by atoms with Crippen molar-refractivity contribution < 1.29 is 14.0 Å². The van der Waals surface area contributed by atoms with Crippen LogP contribution in [0.4, 0.5) is 4.39 Å². The fourth-order valence-electron chi connectivity index (χ4n) is 7.80. The maximum Gasteiger partial charge on any atom is 0.142 e. The van der Waals surface area contributed by atoms with Crippen LogP contribution in [0.15, 0.2) is 5.16 Å². The first kappa shape index (κ1) is 19.0. The Balaban J connectivity index is 1.34. The van der Waals surface area contributed by atoms with Gasteiger partial charge in [-0.25, -0.2) is 4.39 Å². The Labute approximate surface area is 168 Å². The molecule has 0 aromatic rings. The first-order valence-electron chi connectivity index (χ1n) is 11.5. The van der Waals surface area contributed by atoms with Crippen molar-refractivity contribution in [3.63, 3.8) is 0 Å². The van der Waals surface area contributed by atoms with Crippen molar-refractivity contribution in [2.45, 2.75) is 83.9 Å². The van der Waals surface area contributed by atoms with Gasteiger partial charge < -0.3 is 10.2 Å². The second-order valence-corrected chi connectivity index (χ2v) is 10.8. The zero-order valence-corrected chi connectivity index (χ0v) is 17.4. The molecule has 1 aliphatic heterocycles. The zero-order valence-electron chi connectivity index (χ0n) is 17.4. The van der Waals surface area contributed by atoms with Gasteiger partial charge in [0.05, 0.1) is 5.71 Å². The third-order valence-electron chi connectivity index (χ3n) is 9.54. The minimum absolute atomic E-state index is 0.0449. The summed E-state index contributed by atoms with van der Waals surface area (Å²) >= 11 is 0. The molecule has 4 nitrogen and oxygen atoms in total. The van der Waals surface area contributed by atoms with Crippen molar-refractivity contribution in [2.75, 3.05) is 13.1 Å². The van der Waals surface area contributed by atoms with E-state index in [9.17, 15) is 4.79 Å². The standard InChI is InChI=1S/C23H35FN2O2/c1-22-9-7-18-16(17(22)5-6-21(22)27)4-3-14-11-20(19(24)12-23(14,18)2)26-28-15-8-10-25-13-15/h14-19,25H,3-13H2,1-2H3/b26-20-/t14?,15-,16+,17+,18-,19?,22+,23+/m1/s1. The molecule has 0 amide bonds. The number of nitrogens with one attached hydrogen (secondary N) is 1. The van der Waals surface area contributed by atoms with Crippen LogP contribution in [0.25, 0.3) is 0 Å². The average Bonchev–Trinajstić information content (AvgIpc) is 3.28. The summed E-state index contributed by atoms with van der Waals surface area (Å²) in [5, 5.41) is 7.57. The van der Waals surface area contributed by atoms with Crippen LogP contribution in [0.5, 0.6) is 0 Å². The van der Waals surface area contributed by atoms with Crippen molar-refractivity contribution in [2.24, 2.45) is 39.7 Å². The maximum atomic E-state index is 15.2. The van der Waals surface area contributed by atoms with Gasteiger partial charge >= 0.3 is 0 Å². The molecule has 1 N–H and O–H groups in total. The fourth-order valence-corrected chi connectivity index (χ4v) is 7.80. The highest BCUT2D eigenvalue weighted by atomic mass is 19.1. The predicted octanol–water partition coefficient (Wildman–Crippen LogP) is 4.28. The number of Topliss-reactive ketones (excluding diaryl/α,β-unsaturated/α-hetero) is 1. The number of alkyl halides is 1. The molecule has 5 rings (SSSR count). The lowest BCUT2D eigenvalue weighted by atomic mass is 9.45. The largest absolute Gasteiger partial charge is 0.391 e. The molecule has 2 unspecified atom stereocenters. The first-order valence-corrected chi connectivity index (χ1v) is 11.5. The van der Waals surface area contributed by atoms with E-state index in [-0.39, 0.29) is 16.9 Å². The summed E-state index contributed by atoms with van der Waals surface area (Å²) in [5.74, 6) is 2.70. The Morgan fingerprint density at radius 2 is 2.00 bits per heavy atom. The Kier molecular flexibility index (Phi) is 4.61. The van der Waals surface area contributed by atoms with Gasteiger partial charge in [0.25, 0.3) is 0 Å². The number of nitrogens with zero attached hydrogens (tertiary/aromatic N) is 1. The highest BCUT2D eigenvalue weighted by Crippen LogP contribution is 2.65. The molecule has 8 atom stereocenters. The van der Waals surface area contributed by atoms with Crippen LogP contribution in [0, 0.1) is 34.5 Å². The molecule has 4 saturated carbocycles. The Morgan fingerprint density at radius 1 is 1.14 bits per heavy atom. The zero-order chi connectivity index (χ0) is 19.5. The highest BCUT2D eigenvalue weighted by molar-refractivity contribution is 5.89. The van der Waals surface area contributed by atoms with E-state index in [2.05, 4.69) is 24.3 Å². The van der Waals surface area contributed by atoms with Crippen molar-refractivity contribution in [1.82, 2.24) is 5.32 Å². The van der Waals surface area contributed by atoms with Crippen molar-refractivity contribution in [1.29, 1.82) is 0 Å². The molecule has 156 valence electrons. The number of ketones is 1. The molecule has 5 heteroatoms. The van der Waals surface area contributed by atoms with E-state index in [1.165, 1.54) is 6.42 Å². The third-order valence-corrected chi connectivity index (χ3v) is 9.54. The molecule has 0 aromatic carbocycles. The lowest BCUT2D eigenvalue weighted by Gasteiger charge is -2.59. The van der Waals surface area contributed by atoms with E-state index < -0.39 is 6.17 Å². The molecule has 0 radical (unpaired) electrons. The summed E-state index contributed by atoms with van der Waals surface area (Å²) in [7, 11) is 0. The van der Waals surface area contributed by atoms with Gasteiger partial charge in [0, 0.05) is 24.8 Å². The molecule has 4 aliphatic carbocycles. The molecular weight excluding hydrogens is 355 g/mol. The van der Waals surface area contributed by atoms with Crippen LogP contribution in [-0.4, -0.2) is 36.9 Å². The van der Waals surface area contributed by atoms with Gasteiger partial charge in [0.1, 0.15) is 18.1 Å². The van der Waals surface area contributed by atoms with Crippen LogP contribution in [0.2, 0.25) is 0 Å². The van der Waals surface area contributed by atoms with Gasteiger partial charge in [-0.05, 0) is 80.6 Å². The average molecular weight is 391 g/mol. The number of hydrogen-bond acceptors (Lipinski definition) is 4. The lowest BCUT2D eigenvalue weighted by Crippen LogP contribution is -2.55. The number of rotatable bonds is 2. The van der Waals surface area contributed by atoms with Crippen molar-refractivity contribution >= 4 is 11.5 Å². The van der Waals surface area contributed by atoms with Crippen LogP contribution < -0.4 is 5.32 Å². The topological polar surface area (TPSA) is 50.7 Å². The van der Waals surface area contributed by atoms with E-state index in [0.717, 1.165) is 58.0 Å². The van der Waals surface area contributed by atoms with E-state index in [4.69, 9.17) is 4.84 Å². The molecule has 0 bridgehead atoms. The van der Waals surface area contributed by atoms with Gasteiger partial charge in [0.15, 0.2) is 0 Å². The summed E-state index contributed by atoms with van der Waals surface area (Å²) in [4.78, 5) is 18.2. The number of fused-ring (bicyclic) bond motifs is 5. The van der Waals surface area contributed by atoms with Gasteiger partial charge in [0.2, 0.25) is 0 Å². The molecule has 0 spiro atoms. The summed E-state index contributed by atoms with van der Waals surface area (Å²) in [5.41, 5.74) is 0.595. The van der Waals surface area contributed by atoms with Crippen LogP contribution >= 0.6 is 0 Å². The van der Waals surface area contributed by atoms with Gasteiger partial charge in [-0.2, -0.15) is 0 Å².